The van der Waals surface area contributed by atoms with Crippen molar-refractivity contribution in [3.8, 4) is 0 Å². The largest absolute Gasteiger partial charge is 0.481 e. The van der Waals surface area contributed by atoms with E-state index in [1.54, 1.807) is 30.3 Å². The van der Waals surface area contributed by atoms with Gasteiger partial charge < -0.3 is 9.84 Å². The summed E-state index contributed by atoms with van der Waals surface area (Å²) in [6.45, 7) is 1.82. The first-order valence-corrected chi connectivity index (χ1v) is 14.6. The lowest BCUT2D eigenvalue weighted by Gasteiger charge is -2.50. The van der Waals surface area contributed by atoms with Crippen LogP contribution in [0.5, 0.6) is 0 Å². The van der Waals surface area contributed by atoms with E-state index in [2.05, 4.69) is 12.1 Å². The second kappa shape index (κ2) is 11.7. The van der Waals surface area contributed by atoms with Crippen molar-refractivity contribution in [2.45, 2.75) is 56.5 Å². The average Bonchev–Trinajstić information content (AvgIpc) is 2.90. The third-order valence-electron chi connectivity index (χ3n) is 8.29. The number of benzene rings is 3. The first kappa shape index (κ1) is 28.3. The first-order chi connectivity index (χ1) is 18.7. The molecule has 6 atom stereocenters. The van der Waals surface area contributed by atoms with Crippen molar-refractivity contribution in [3.63, 3.8) is 0 Å². The van der Waals surface area contributed by atoms with Gasteiger partial charge in [-0.25, -0.2) is 0 Å². The summed E-state index contributed by atoms with van der Waals surface area (Å²) < 4.78 is 6.28. The highest BCUT2D eigenvalue weighted by molar-refractivity contribution is 6.37. The van der Waals surface area contributed by atoms with Crippen LogP contribution in [0.15, 0.2) is 60.7 Å². The Bertz CT molecular complexity index is 1370. The summed E-state index contributed by atoms with van der Waals surface area (Å²) in [7, 11) is 0. The number of carbonyl (C=O) groups excluding carboxylic acids is 1. The molecule has 39 heavy (non-hydrogen) atoms. The lowest BCUT2D eigenvalue weighted by atomic mass is 9.52. The Kier molecular flexibility index (Phi) is 8.49. The Labute approximate surface area is 248 Å². The fourth-order valence-electron chi connectivity index (χ4n) is 6.43. The van der Waals surface area contributed by atoms with Gasteiger partial charge in [-0.1, -0.05) is 95.3 Å². The molecule has 0 aromatic heterocycles. The summed E-state index contributed by atoms with van der Waals surface area (Å²) in [6.07, 6.45) is 3.30. The van der Waals surface area contributed by atoms with Gasteiger partial charge in [0.1, 0.15) is 6.10 Å². The van der Waals surface area contributed by atoms with Crippen molar-refractivity contribution < 1.29 is 19.4 Å². The van der Waals surface area contributed by atoms with Crippen LogP contribution in [0.3, 0.4) is 0 Å². The number of hydrogen-bond donors (Lipinski definition) is 1. The third-order valence-corrected chi connectivity index (χ3v) is 9.78. The van der Waals surface area contributed by atoms with E-state index in [0.29, 0.717) is 31.2 Å². The monoisotopic (exact) mass is 604 g/mol. The van der Waals surface area contributed by atoms with Crippen molar-refractivity contribution in [2.24, 2.45) is 11.8 Å². The van der Waals surface area contributed by atoms with Crippen molar-refractivity contribution >= 4 is 58.3 Å². The highest BCUT2D eigenvalue weighted by atomic mass is 35.5. The van der Waals surface area contributed by atoms with Crippen LogP contribution >= 0.6 is 46.4 Å². The standard InChI is InChI=1S/C31H28Cl4O4/c1-16-14-15-21(34)24(29(16)35)26-27(30(36)37)25(23-19(32)11-7-12-20(23)33)28(26)31(38)39-22-13-6-5-10-18(22)17-8-3-2-4-9-17/h2-4,7-9,11-12,14-15,18,22,25-28H,5-6,10,13H2,1H3,(H,36,37)/t18-,22+,25-,26-,27-,28-/m0/s1. The van der Waals surface area contributed by atoms with Gasteiger partial charge in [-0.2, -0.15) is 0 Å². The highest BCUT2D eigenvalue weighted by Gasteiger charge is 2.61. The van der Waals surface area contributed by atoms with Crippen LogP contribution < -0.4 is 0 Å². The van der Waals surface area contributed by atoms with Crippen LogP contribution in [0.25, 0.3) is 0 Å². The Balaban J connectivity index is 1.58. The molecule has 2 aliphatic rings. The summed E-state index contributed by atoms with van der Waals surface area (Å²) in [5.74, 6) is -5.06. The molecule has 5 rings (SSSR count). The molecule has 0 heterocycles. The van der Waals surface area contributed by atoms with Crippen molar-refractivity contribution in [1.82, 2.24) is 0 Å². The second-order valence-corrected chi connectivity index (χ2v) is 12.0. The number of halogens is 4. The third kappa shape index (κ3) is 5.29. The number of carboxylic acids is 1. The van der Waals surface area contributed by atoms with E-state index in [0.717, 1.165) is 36.8 Å². The molecule has 204 valence electrons. The van der Waals surface area contributed by atoms with Gasteiger partial charge in [0, 0.05) is 37.8 Å². The molecular formula is C31H28Cl4O4. The zero-order chi connectivity index (χ0) is 27.8. The minimum atomic E-state index is -1.08. The van der Waals surface area contributed by atoms with Crippen molar-refractivity contribution in [1.29, 1.82) is 0 Å². The number of hydrogen-bond acceptors (Lipinski definition) is 3. The fourth-order valence-corrected chi connectivity index (χ4v) is 7.70. The zero-order valence-electron chi connectivity index (χ0n) is 21.2. The Morgan fingerprint density at radius 2 is 1.38 bits per heavy atom. The highest BCUT2D eigenvalue weighted by Crippen LogP contribution is 2.62. The maximum absolute atomic E-state index is 14.1. The van der Waals surface area contributed by atoms with Gasteiger partial charge in [-0.05, 0) is 66.6 Å². The number of aryl methyl sites for hydroxylation is 1. The average molecular weight is 606 g/mol. The molecule has 3 aromatic carbocycles. The fraction of sp³-hybridized carbons (Fsp3) is 0.355. The second-order valence-electron chi connectivity index (χ2n) is 10.4. The van der Waals surface area contributed by atoms with Crippen molar-refractivity contribution in [2.75, 3.05) is 0 Å². The molecule has 0 saturated heterocycles. The summed E-state index contributed by atoms with van der Waals surface area (Å²) >= 11 is 26.5. The predicted molar refractivity (Wildman–Crippen MR) is 155 cm³/mol. The Morgan fingerprint density at radius 3 is 2.05 bits per heavy atom. The van der Waals surface area contributed by atoms with Crippen LogP contribution in [0, 0.1) is 18.8 Å². The number of rotatable bonds is 6. The lowest BCUT2D eigenvalue weighted by molar-refractivity contribution is -0.170. The molecule has 2 aliphatic carbocycles. The van der Waals surface area contributed by atoms with Gasteiger partial charge in [0.05, 0.1) is 11.8 Å². The smallest absolute Gasteiger partial charge is 0.310 e. The Morgan fingerprint density at radius 1 is 0.769 bits per heavy atom. The van der Waals surface area contributed by atoms with Gasteiger partial charge in [-0.3, -0.25) is 9.59 Å². The van der Waals surface area contributed by atoms with Crippen LogP contribution in [-0.2, 0) is 14.3 Å². The van der Waals surface area contributed by atoms with E-state index in [-0.39, 0.29) is 12.0 Å². The molecule has 0 bridgehead atoms. The van der Waals surface area contributed by atoms with E-state index in [9.17, 15) is 14.7 Å². The molecule has 1 N–H and O–H groups in total. The van der Waals surface area contributed by atoms with E-state index < -0.39 is 35.6 Å². The number of esters is 1. The number of carbonyl (C=O) groups is 2. The van der Waals surface area contributed by atoms with Crippen LogP contribution in [-0.4, -0.2) is 23.1 Å². The maximum atomic E-state index is 14.1. The molecule has 3 aromatic rings. The number of carboxylic acid groups (broad SMARTS) is 1. The minimum absolute atomic E-state index is 0.0613. The molecule has 2 saturated carbocycles. The molecule has 0 amide bonds. The number of ether oxygens (including phenoxy) is 1. The molecule has 0 aliphatic heterocycles. The van der Waals surface area contributed by atoms with Gasteiger partial charge in [0.25, 0.3) is 0 Å². The normalized spacial score (nSPS) is 26.5. The molecular weight excluding hydrogens is 578 g/mol. The van der Waals surface area contributed by atoms with E-state index in [1.165, 1.54) is 0 Å². The summed E-state index contributed by atoms with van der Waals surface area (Å²) in [6, 6.07) is 18.5. The molecule has 4 nitrogen and oxygen atoms in total. The molecule has 0 unspecified atom stereocenters. The predicted octanol–water partition coefficient (Wildman–Crippen LogP) is 9.08. The zero-order valence-corrected chi connectivity index (χ0v) is 24.3. The van der Waals surface area contributed by atoms with Gasteiger partial charge in [-0.15, -0.1) is 0 Å². The molecule has 2 fully saturated rings. The summed E-state index contributed by atoms with van der Waals surface area (Å²) in [5, 5.41) is 11.7. The first-order valence-electron chi connectivity index (χ1n) is 13.1. The topological polar surface area (TPSA) is 63.6 Å². The molecule has 8 heteroatoms. The van der Waals surface area contributed by atoms with Crippen LogP contribution in [0.1, 0.15) is 65.7 Å². The molecule has 0 radical (unpaired) electrons. The lowest BCUT2D eigenvalue weighted by Crippen LogP contribution is -2.52. The summed E-state index contributed by atoms with van der Waals surface area (Å²) in [4.78, 5) is 26.9. The van der Waals surface area contributed by atoms with E-state index in [4.69, 9.17) is 51.1 Å². The van der Waals surface area contributed by atoms with E-state index in [1.807, 2.05) is 25.1 Å². The Hall–Kier alpha value is -2.24. The van der Waals surface area contributed by atoms with E-state index >= 15 is 0 Å². The van der Waals surface area contributed by atoms with Crippen LogP contribution in [0.2, 0.25) is 20.1 Å². The number of aliphatic carboxylic acids is 1. The van der Waals surface area contributed by atoms with Crippen molar-refractivity contribution in [3.05, 3.63) is 103 Å². The summed E-state index contributed by atoms with van der Waals surface area (Å²) in [5.41, 5.74) is 2.73. The van der Waals surface area contributed by atoms with Gasteiger partial charge in [0.15, 0.2) is 0 Å². The van der Waals surface area contributed by atoms with Crippen LogP contribution in [0.4, 0.5) is 0 Å². The molecule has 0 spiro atoms. The SMILES string of the molecule is Cc1ccc(Cl)c([C@H]2[C@@H](C(=O)O)[C@H](c3c(Cl)cccc3Cl)[C@@H]2C(=O)O[C@@H]2CCCC[C@H]2c2ccccc2)c1Cl. The van der Waals surface area contributed by atoms with Gasteiger partial charge in [0.2, 0.25) is 0 Å². The van der Waals surface area contributed by atoms with Gasteiger partial charge >= 0.3 is 11.9 Å². The maximum Gasteiger partial charge on any atom is 0.310 e. The minimum Gasteiger partial charge on any atom is -0.481 e. The quantitative estimate of drug-likeness (QED) is 0.285.